The summed E-state index contributed by atoms with van der Waals surface area (Å²) in [5.74, 6) is 1.25. The molecule has 1 atom stereocenters. The number of hydrogen-bond acceptors (Lipinski definition) is 6. The van der Waals surface area contributed by atoms with Crippen molar-refractivity contribution in [1.29, 1.82) is 0 Å². The molecule has 4 aromatic rings. The van der Waals surface area contributed by atoms with E-state index in [1.54, 1.807) is 29.0 Å². The van der Waals surface area contributed by atoms with Crippen LogP contribution in [0.25, 0.3) is 11.0 Å². The van der Waals surface area contributed by atoms with Gasteiger partial charge in [0.15, 0.2) is 5.76 Å². The van der Waals surface area contributed by atoms with Crippen LogP contribution < -0.4 is 16.2 Å². The first-order valence-electron chi connectivity index (χ1n) is 11.6. The van der Waals surface area contributed by atoms with Crippen molar-refractivity contribution >= 4 is 22.6 Å². The average molecular weight is 461 g/mol. The Kier molecular flexibility index (Phi) is 5.91. The number of benzene rings is 1. The summed E-state index contributed by atoms with van der Waals surface area (Å²) in [6.07, 6.45) is 4.28. The van der Waals surface area contributed by atoms with E-state index in [0.717, 1.165) is 41.1 Å². The molecule has 0 fully saturated rings. The van der Waals surface area contributed by atoms with E-state index in [2.05, 4.69) is 28.8 Å². The van der Waals surface area contributed by atoms with Crippen LogP contribution in [-0.2, 0) is 37.3 Å². The minimum absolute atomic E-state index is 0.0548. The Balaban J connectivity index is 1.44. The van der Waals surface area contributed by atoms with Gasteiger partial charge in [-0.3, -0.25) is 9.59 Å². The predicted molar refractivity (Wildman–Crippen MR) is 129 cm³/mol. The SMILES string of the molecule is Cc1cc(CNC(=O)Cn2c(CCn3ccccc3=O)nc3c4c(ccc32)N[C@@H](C)CC4)on1. The molecule has 9 heteroatoms. The normalized spacial score (nSPS) is 15.2. The summed E-state index contributed by atoms with van der Waals surface area (Å²) in [4.78, 5) is 30.0. The van der Waals surface area contributed by atoms with E-state index >= 15 is 0 Å². The molecule has 1 amide bonds. The summed E-state index contributed by atoms with van der Waals surface area (Å²) < 4.78 is 8.81. The second kappa shape index (κ2) is 9.17. The number of pyridine rings is 1. The molecule has 0 aliphatic carbocycles. The molecule has 0 bridgehead atoms. The topological polar surface area (TPSA) is 107 Å². The summed E-state index contributed by atoms with van der Waals surface area (Å²) in [7, 11) is 0. The molecule has 1 aliphatic rings. The van der Waals surface area contributed by atoms with Gasteiger partial charge in [-0.25, -0.2) is 4.98 Å². The summed E-state index contributed by atoms with van der Waals surface area (Å²) in [5, 5.41) is 10.3. The van der Waals surface area contributed by atoms with Crippen molar-refractivity contribution in [2.24, 2.45) is 0 Å². The number of aryl methyl sites for hydroxylation is 4. The van der Waals surface area contributed by atoms with Crippen LogP contribution in [0.1, 0.15) is 36.2 Å². The maximum Gasteiger partial charge on any atom is 0.250 e. The molecule has 2 N–H and O–H groups in total. The van der Waals surface area contributed by atoms with Gasteiger partial charge < -0.3 is 24.3 Å². The van der Waals surface area contributed by atoms with E-state index in [1.807, 2.05) is 23.6 Å². The molecule has 34 heavy (non-hydrogen) atoms. The molecule has 4 heterocycles. The summed E-state index contributed by atoms with van der Waals surface area (Å²) in [6.45, 7) is 4.91. The Labute approximate surface area is 196 Å². The van der Waals surface area contributed by atoms with E-state index in [1.165, 1.54) is 5.56 Å². The van der Waals surface area contributed by atoms with Crippen molar-refractivity contribution in [3.8, 4) is 0 Å². The number of amides is 1. The Morgan fingerprint density at radius 1 is 1.29 bits per heavy atom. The van der Waals surface area contributed by atoms with E-state index in [9.17, 15) is 9.59 Å². The number of carbonyl (C=O) groups is 1. The molecule has 0 saturated heterocycles. The van der Waals surface area contributed by atoms with Crippen LogP contribution in [0.5, 0.6) is 0 Å². The van der Waals surface area contributed by atoms with Gasteiger partial charge in [-0.2, -0.15) is 0 Å². The van der Waals surface area contributed by atoms with E-state index < -0.39 is 0 Å². The number of nitrogens with zero attached hydrogens (tertiary/aromatic N) is 4. The number of carbonyl (C=O) groups excluding carboxylic acids is 1. The van der Waals surface area contributed by atoms with Crippen molar-refractivity contribution in [1.82, 2.24) is 24.6 Å². The number of fused-ring (bicyclic) bond motifs is 3. The molecule has 0 unspecified atom stereocenters. The van der Waals surface area contributed by atoms with Gasteiger partial charge in [0.05, 0.1) is 23.3 Å². The molecule has 176 valence electrons. The van der Waals surface area contributed by atoms with Crippen LogP contribution in [-0.4, -0.2) is 31.2 Å². The summed E-state index contributed by atoms with van der Waals surface area (Å²) in [6, 6.07) is 11.4. The fourth-order valence-corrected chi connectivity index (χ4v) is 4.50. The Hall–Kier alpha value is -3.88. The standard InChI is InChI=1S/C25H28N6O3/c1-16-6-7-19-20(27-16)8-9-21-25(19)28-22(10-12-30-11-4-3-5-24(30)33)31(21)15-23(32)26-14-18-13-17(2)29-34-18/h3-5,8-9,11,13,16,27H,6-7,10,12,14-15H2,1-2H3,(H,26,32)/t16-/m0/s1. The highest BCUT2D eigenvalue weighted by Crippen LogP contribution is 2.32. The zero-order valence-electron chi connectivity index (χ0n) is 19.4. The number of hydrogen-bond donors (Lipinski definition) is 2. The van der Waals surface area contributed by atoms with Crippen LogP contribution in [0.4, 0.5) is 5.69 Å². The van der Waals surface area contributed by atoms with Crippen LogP contribution in [0.2, 0.25) is 0 Å². The monoisotopic (exact) mass is 460 g/mol. The Bertz CT molecular complexity index is 1400. The highest BCUT2D eigenvalue weighted by Gasteiger charge is 2.22. The van der Waals surface area contributed by atoms with Gasteiger partial charge in [0.2, 0.25) is 5.91 Å². The lowest BCUT2D eigenvalue weighted by atomic mass is 9.98. The lowest BCUT2D eigenvalue weighted by molar-refractivity contribution is -0.121. The third-order valence-electron chi connectivity index (χ3n) is 6.25. The molecule has 0 radical (unpaired) electrons. The van der Waals surface area contributed by atoms with Gasteiger partial charge in [0.25, 0.3) is 5.56 Å². The number of aromatic nitrogens is 4. The number of nitrogens with one attached hydrogen (secondary N) is 2. The summed E-state index contributed by atoms with van der Waals surface area (Å²) >= 11 is 0. The zero-order chi connectivity index (χ0) is 23.7. The van der Waals surface area contributed by atoms with Crippen LogP contribution in [0.3, 0.4) is 0 Å². The Morgan fingerprint density at radius 2 is 2.18 bits per heavy atom. The van der Waals surface area contributed by atoms with E-state index in [0.29, 0.717) is 24.8 Å². The van der Waals surface area contributed by atoms with Crippen LogP contribution >= 0.6 is 0 Å². The first-order chi connectivity index (χ1) is 16.5. The fourth-order valence-electron chi connectivity index (χ4n) is 4.50. The highest BCUT2D eigenvalue weighted by atomic mass is 16.5. The van der Waals surface area contributed by atoms with Gasteiger partial charge in [0, 0.05) is 48.6 Å². The molecule has 1 aromatic carbocycles. The molecule has 9 nitrogen and oxygen atoms in total. The van der Waals surface area contributed by atoms with Crippen LogP contribution in [0.15, 0.2) is 51.9 Å². The van der Waals surface area contributed by atoms with Crippen molar-refractivity contribution in [3.05, 3.63) is 75.8 Å². The first kappa shape index (κ1) is 21.9. The minimum atomic E-state index is -0.143. The van der Waals surface area contributed by atoms with Gasteiger partial charge in [-0.15, -0.1) is 0 Å². The van der Waals surface area contributed by atoms with Gasteiger partial charge >= 0.3 is 0 Å². The third-order valence-corrected chi connectivity index (χ3v) is 6.25. The van der Waals surface area contributed by atoms with E-state index in [4.69, 9.17) is 9.51 Å². The molecule has 3 aromatic heterocycles. The first-order valence-corrected chi connectivity index (χ1v) is 11.6. The number of anilines is 1. The molecule has 5 rings (SSSR count). The molecule has 0 saturated carbocycles. The lowest BCUT2D eigenvalue weighted by Crippen LogP contribution is -2.28. The fraction of sp³-hybridized carbons (Fsp3) is 0.360. The molecular formula is C25H28N6O3. The average Bonchev–Trinajstić information content (AvgIpc) is 3.40. The predicted octanol–water partition coefficient (Wildman–Crippen LogP) is 2.80. The molecule has 1 aliphatic heterocycles. The van der Waals surface area contributed by atoms with Crippen molar-refractivity contribution < 1.29 is 9.32 Å². The summed E-state index contributed by atoms with van der Waals surface area (Å²) in [5.41, 5.74) is 4.86. The molecule has 0 spiro atoms. The number of imidazole rings is 1. The highest BCUT2D eigenvalue weighted by molar-refractivity contribution is 5.87. The molecular weight excluding hydrogens is 432 g/mol. The maximum atomic E-state index is 12.9. The number of rotatable bonds is 7. The van der Waals surface area contributed by atoms with Gasteiger partial charge in [-0.05, 0) is 44.9 Å². The Morgan fingerprint density at radius 3 is 2.97 bits per heavy atom. The zero-order valence-corrected chi connectivity index (χ0v) is 19.4. The second-order valence-electron chi connectivity index (χ2n) is 8.85. The van der Waals surface area contributed by atoms with E-state index in [-0.39, 0.29) is 24.6 Å². The van der Waals surface area contributed by atoms with Crippen molar-refractivity contribution in [2.45, 2.75) is 58.8 Å². The maximum absolute atomic E-state index is 12.9. The smallest absolute Gasteiger partial charge is 0.250 e. The van der Waals surface area contributed by atoms with Gasteiger partial charge in [-0.1, -0.05) is 11.2 Å². The quantitative estimate of drug-likeness (QED) is 0.439. The third kappa shape index (κ3) is 4.46. The van der Waals surface area contributed by atoms with Crippen LogP contribution in [0, 0.1) is 6.92 Å². The van der Waals surface area contributed by atoms with Crippen molar-refractivity contribution in [3.63, 3.8) is 0 Å². The second-order valence-corrected chi connectivity index (χ2v) is 8.85. The lowest BCUT2D eigenvalue weighted by Gasteiger charge is -2.24. The van der Waals surface area contributed by atoms with Gasteiger partial charge in [0.1, 0.15) is 12.4 Å². The van der Waals surface area contributed by atoms with Crippen molar-refractivity contribution in [2.75, 3.05) is 5.32 Å². The minimum Gasteiger partial charge on any atom is -0.382 e. The largest absolute Gasteiger partial charge is 0.382 e.